The number of benzene rings is 2. The highest BCUT2D eigenvalue weighted by Gasteiger charge is 2.24. The molecule has 0 atom stereocenters. The second-order valence-corrected chi connectivity index (χ2v) is 8.81. The van der Waals surface area contributed by atoms with Crippen LogP contribution in [0.1, 0.15) is 28.8 Å². The molecular formula is C19H22N2O3S2. The third kappa shape index (κ3) is 3.88. The van der Waals surface area contributed by atoms with Crippen LogP contribution in [0.2, 0.25) is 0 Å². The van der Waals surface area contributed by atoms with E-state index in [9.17, 15) is 13.2 Å². The molecule has 0 aliphatic carbocycles. The normalized spacial score (nSPS) is 14.5. The van der Waals surface area contributed by atoms with Gasteiger partial charge >= 0.3 is 0 Å². The van der Waals surface area contributed by atoms with Crippen LogP contribution in [0.25, 0.3) is 0 Å². The van der Waals surface area contributed by atoms with Crippen LogP contribution in [0.4, 0.5) is 5.69 Å². The molecule has 7 heteroatoms. The molecule has 0 unspecified atom stereocenters. The number of aryl methyl sites for hydroxylation is 1. The Labute approximate surface area is 158 Å². The van der Waals surface area contributed by atoms with Gasteiger partial charge in [-0.1, -0.05) is 18.2 Å². The van der Waals surface area contributed by atoms with Gasteiger partial charge in [-0.15, -0.1) is 11.8 Å². The highest BCUT2D eigenvalue weighted by molar-refractivity contribution is 7.98. The maximum Gasteiger partial charge on any atom is 0.261 e. The standard InChI is InChI=1S/C19H22N2O3S2/c1-14-7-3-4-8-17(14)20-26(23,24)15-9-10-18(25-2)16(13-15)19(22)21-11-5-6-12-21/h3-4,7-10,13,20H,5-6,11-12H2,1-2H3. The van der Waals surface area contributed by atoms with Gasteiger partial charge < -0.3 is 4.90 Å². The van der Waals surface area contributed by atoms with Crippen molar-refractivity contribution in [3.8, 4) is 0 Å². The Morgan fingerprint density at radius 3 is 2.46 bits per heavy atom. The lowest BCUT2D eigenvalue weighted by Gasteiger charge is -2.18. The summed E-state index contributed by atoms with van der Waals surface area (Å²) in [7, 11) is -3.77. The number of nitrogens with one attached hydrogen (secondary N) is 1. The number of sulfonamides is 1. The first-order valence-corrected chi connectivity index (χ1v) is 11.2. The summed E-state index contributed by atoms with van der Waals surface area (Å²) in [5.74, 6) is -0.0974. The van der Waals surface area contributed by atoms with Crippen molar-refractivity contribution in [2.24, 2.45) is 0 Å². The summed E-state index contributed by atoms with van der Waals surface area (Å²) >= 11 is 1.45. The summed E-state index contributed by atoms with van der Waals surface area (Å²) in [5.41, 5.74) is 1.83. The molecule has 2 aromatic carbocycles. The van der Waals surface area contributed by atoms with E-state index in [2.05, 4.69) is 4.72 Å². The number of hydrogen-bond acceptors (Lipinski definition) is 4. The number of anilines is 1. The van der Waals surface area contributed by atoms with Crippen LogP contribution >= 0.6 is 11.8 Å². The molecule has 0 radical (unpaired) electrons. The molecule has 5 nitrogen and oxygen atoms in total. The summed E-state index contributed by atoms with van der Waals surface area (Å²) in [6.07, 6.45) is 3.87. The van der Waals surface area contributed by atoms with Gasteiger partial charge in [0, 0.05) is 18.0 Å². The number of amides is 1. The number of carbonyl (C=O) groups is 1. The number of rotatable bonds is 5. The van der Waals surface area contributed by atoms with E-state index in [0.29, 0.717) is 11.3 Å². The summed E-state index contributed by atoms with van der Waals surface area (Å²) in [5, 5.41) is 0. The maximum atomic E-state index is 12.8. The predicted octanol–water partition coefficient (Wildman–Crippen LogP) is 3.75. The van der Waals surface area contributed by atoms with Crippen LogP contribution in [0.15, 0.2) is 52.3 Å². The summed E-state index contributed by atoms with van der Waals surface area (Å²) < 4.78 is 28.2. The van der Waals surface area contributed by atoms with Crippen molar-refractivity contribution in [3.63, 3.8) is 0 Å². The van der Waals surface area contributed by atoms with Crippen LogP contribution in [0.3, 0.4) is 0 Å². The molecule has 1 amide bonds. The second kappa shape index (κ2) is 7.72. The van der Waals surface area contributed by atoms with Crippen molar-refractivity contribution in [1.82, 2.24) is 4.90 Å². The molecule has 1 N–H and O–H groups in total. The van der Waals surface area contributed by atoms with Crippen LogP contribution in [-0.4, -0.2) is 38.6 Å². The van der Waals surface area contributed by atoms with Crippen molar-refractivity contribution in [2.75, 3.05) is 24.1 Å². The first-order valence-electron chi connectivity index (χ1n) is 8.48. The highest BCUT2D eigenvalue weighted by Crippen LogP contribution is 2.27. The van der Waals surface area contributed by atoms with E-state index in [0.717, 1.165) is 36.4 Å². The molecule has 3 rings (SSSR count). The van der Waals surface area contributed by atoms with Gasteiger partial charge in [-0.2, -0.15) is 0 Å². The van der Waals surface area contributed by atoms with E-state index in [1.54, 1.807) is 29.2 Å². The molecule has 1 aliphatic rings. The number of para-hydroxylation sites is 1. The van der Waals surface area contributed by atoms with Gasteiger partial charge in [0.2, 0.25) is 0 Å². The van der Waals surface area contributed by atoms with Crippen molar-refractivity contribution in [3.05, 3.63) is 53.6 Å². The van der Waals surface area contributed by atoms with E-state index in [4.69, 9.17) is 0 Å². The molecule has 26 heavy (non-hydrogen) atoms. The number of hydrogen-bond donors (Lipinski definition) is 1. The Hall–Kier alpha value is -1.99. The number of likely N-dealkylation sites (tertiary alicyclic amines) is 1. The van der Waals surface area contributed by atoms with E-state index >= 15 is 0 Å². The second-order valence-electron chi connectivity index (χ2n) is 6.28. The first-order chi connectivity index (χ1) is 12.4. The average Bonchev–Trinajstić information content (AvgIpc) is 3.17. The highest BCUT2D eigenvalue weighted by atomic mass is 32.2. The average molecular weight is 391 g/mol. The predicted molar refractivity (Wildman–Crippen MR) is 105 cm³/mol. The SMILES string of the molecule is CSc1ccc(S(=O)(=O)Nc2ccccc2C)cc1C(=O)N1CCCC1. The van der Waals surface area contributed by atoms with Gasteiger partial charge in [-0.05, 0) is 55.9 Å². The van der Waals surface area contributed by atoms with Gasteiger partial charge in [0.1, 0.15) is 0 Å². The molecule has 1 heterocycles. The largest absolute Gasteiger partial charge is 0.339 e. The van der Waals surface area contributed by atoms with Gasteiger partial charge in [-0.3, -0.25) is 9.52 Å². The lowest BCUT2D eigenvalue weighted by molar-refractivity contribution is 0.0789. The molecule has 1 fully saturated rings. The van der Waals surface area contributed by atoms with E-state index < -0.39 is 10.0 Å². The van der Waals surface area contributed by atoms with E-state index in [1.807, 2.05) is 25.3 Å². The Bertz CT molecular complexity index is 920. The van der Waals surface area contributed by atoms with Gasteiger partial charge in [0.15, 0.2) is 0 Å². The molecular weight excluding hydrogens is 368 g/mol. The topological polar surface area (TPSA) is 66.5 Å². The first kappa shape index (κ1) is 18.8. The lowest BCUT2D eigenvalue weighted by atomic mass is 10.2. The van der Waals surface area contributed by atoms with Crippen molar-refractivity contribution in [1.29, 1.82) is 0 Å². The van der Waals surface area contributed by atoms with Crippen molar-refractivity contribution >= 4 is 33.4 Å². The molecule has 1 saturated heterocycles. The fourth-order valence-corrected chi connectivity index (χ4v) is 4.73. The Balaban J connectivity index is 1.96. The monoisotopic (exact) mass is 390 g/mol. The fourth-order valence-electron chi connectivity index (χ4n) is 3.00. The Kier molecular flexibility index (Phi) is 5.58. The van der Waals surface area contributed by atoms with E-state index in [1.165, 1.54) is 17.8 Å². The molecule has 2 aromatic rings. The number of thioether (sulfide) groups is 1. The lowest BCUT2D eigenvalue weighted by Crippen LogP contribution is -2.28. The quantitative estimate of drug-likeness (QED) is 0.790. The maximum absolute atomic E-state index is 12.8. The minimum absolute atomic E-state index is 0.0974. The zero-order valence-corrected chi connectivity index (χ0v) is 16.5. The molecule has 0 saturated carbocycles. The summed E-state index contributed by atoms with van der Waals surface area (Å²) in [4.78, 5) is 15.5. The zero-order chi connectivity index (χ0) is 18.7. The van der Waals surface area contributed by atoms with Crippen LogP contribution in [-0.2, 0) is 10.0 Å². The van der Waals surface area contributed by atoms with Crippen molar-refractivity contribution in [2.45, 2.75) is 29.6 Å². The molecule has 0 bridgehead atoms. The van der Waals surface area contributed by atoms with Gasteiger partial charge in [0.05, 0.1) is 16.1 Å². The van der Waals surface area contributed by atoms with E-state index in [-0.39, 0.29) is 10.8 Å². The van der Waals surface area contributed by atoms with Crippen LogP contribution in [0.5, 0.6) is 0 Å². The summed E-state index contributed by atoms with van der Waals surface area (Å²) in [6, 6.07) is 12.0. The molecule has 138 valence electrons. The molecule has 0 aromatic heterocycles. The Morgan fingerprint density at radius 2 is 1.81 bits per heavy atom. The molecule has 1 aliphatic heterocycles. The number of carbonyl (C=O) groups excluding carboxylic acids is 1. The fraction of sp³-hybridized carbons (Fsp3) is 0.316. The molecule has 0 spiro atoms. The summed E-state index contributed by atoms with van der Waals surface area (Å²) in [6.45, 7) is 3.30. The van der Waals surface area contributed by atoms with Crippen LogP contribution in [0, 0.1) is 6.92 Å². The smallest absolute Gasteiger partial charge is 0.261 e. The van der Waals surface area contributed by atoms with Gasteiger partial charge in [0.25, 0.3) is 15.9 Å². The number of nitrogens with zero attached hydrogens (tertiary/aromatic N) is 1. The third-order valence-electron chi connectivity index (χ3n) is 4.49. The Morgan fingerprint density at radius 1 is 1.12 bits per heavy atom. The van der Waals surface area contributed by atoms with Gasteiger partial charge in [-0.25, -0.2) is 8.42 Å². The third-order valence-corrected chi connectivity index (χ3v) is 6.65. The minimum atomic E-state index is -3.77. The van der Waals surface area contributed by atoms with Crippen molar-refractivity contribution < 1.29 is 13.2 Å². The van der Waals surface area contributed by atoms with Crippen LogP contribution < -0.4 is 4.72 Å². The minimum Gasteiger partial charge on any atom is -0.339 e. The zero-order valence-electron chi connectivity index (χ0n) is 14.9.